The van der Waals surface area contributed by atoms with Crippen LogP contribution in [0.1, 0.15) is 22.0 Å². The SMILES string of the molecule is O=C(O)/C=C/C(=O)N1CCc2c(sc3ncnc(N[C@H](C(=O)O)c4ccccc4)c23)C1. The first-order valence-corrected chi connectivity index (χ1v) is 10.2. The van der Waals surface area contributed by atoms with Crippen molar-refractivity contribution in [2.24, 2.45) is 0 Å². The molecule has 0 fully saturated rings. The van der Waals surface area contributed by atoms with E-state index >= 15 is 0 Å². The van der Waals surface area contributed by atoms with Gasteiger partial charge in [-0.25, -0.2) is 19.6 Å². The number of carbonyl (C=O) groups is 3. The standard InChI is InChI=1S/C21H18N4O5S/c26-15(6-7-16(27)28)25-9-8-13-14(10-25)31-20-17(13)19(22-11-23-20)24-18(21(29)30)12-4-2-1-3-5-12/h1-7,11,18H,8-10H2,(H,27,28)(H,29,30)(H,22,23,24)/b7-6+/t18-/m0/s1. The number of rotatable bonds is 6. The molecule has 0 radical (unpaired) electrons. The molecule has 31 heavy (non-hydrogen) atoms. The van der Waals surface area contributed by atoms with E-state index in [4.69, 9.17) is 5.11 Å². The first-order valence-electron chi connectivity index (χ1n) is 9.43. The summed E-state index contributed by atoms with van der Waals surface area (Å²) in [7, 11) is 0. The van der Waals surface area contributed by atoms with Crippen molar-refractivity contribution in [2.45, 2.75) is 19.0 Å². The van der Waals surface area contributed by atoms with Crippen molar-refractivity contribution in [3.05, 3.63) is 64.8 Å². The highest BCUT2D eigenvalue weighted by atomic mass is 32.1. The van der Waals surface area contributed by atoms with Gasteiger partial charge in [0.2, 0.25) is 5.91 Å². The van der Waals surface area contributed by atoms with E-state index in [1.165, 1.54) is 17.7 Å². The molecule has 3 N–H and O–H groups in total. The second-order valence-electron chi connectivity index (χ2n) is 6.91. The molecule has 1 aromatic carbocycles. The number of anilines is 1. The number of hydrogen-bond donors (Lipinski definition) is 3. The number of nitrogens with zero attached hydrogens (tertiary/aromatic N) is 3. The number of carboxylic acid groups (broad SMARTS) is 2. The van der Waals surface area contributed by atoms with Gasteiger partial charge in [-0.05, 0) is 17.5 Å². The number of thiophene rings is 1. The van der Waals surface area contributed by atoms with E-state index in [-0.39, 0.29) is 5.91 Å². The molecule has 9 nitrogen and oxygen atoms in total. The number of amides is 1. The first-order chi connectivity index (χ1) is 14.9. The highest BCUT2D eigenvalue weighted by Crippen LogP contribution is 2.38. The predicted molar refractivity (Wildman–Crippen MR) is 114 cm³/mol. The third-order valence-electron chi connectivity index (χ3n) is 4.98. The number of aliphatic carboxylic acids is 2. The quantitative estimate of drug-likeness (QED) is 0.500. The Kier molecular flexibility index (Phi) is 5.63. The molecule has 158 valence electrons. The minimum atomic E-state index is -1.18. The Morgan fingerprint density at radius 2 is 1.90 bits per heavy atom. The van der Waals surface area contributed by atoms with Crippen LogP contribution in [0.25, 0.3) is 10.2 Å². The van der Waals surface area contributed by atoms with Gasteiger partial charge >= 0.3 is 11.9 Å². The molecule has 0 bridgehead atoms. The molecule has 4 rings (SSSR count). The second kappa shape index (κ2) is 8.52. The topological polar surface area (TPSA) is 133 Å². The van der Waals surface area contributed by atoms with Crippen molar-refractivity contribution in [3.8, 4) is 0 Å². The van der Waals surface area contributed by atoms with Crippen molar-refractivity contribution < 1.29 is 24.6 Å². The van der Waals surface area contributed by atoms with Crippen molar-refractivity contribution in [2.75, 3.05) is 11.9 Å². The lowest BCUT2D eigenvalue weighted by Crippen LogP contribution is -2.34. The molecular formula is C21H18N4O5S. The van der Waals surface area contributed by atoms with Crippen LogP contribution in [0.4, 0.5) is 5.82 Å². The fraction of sp³-hybridized carbons (Fsp3) is 0.190. The molecule has 0 aliphatic carbocycles. The number of benzene rings is 1. The molecule has 3 aromatic rings. The van der Waals surface area contributed by atoms with Gasteiger partial charge in [0, 0.05) is 23.6 Å². The molecule has 1 atom stereocenters. The monoisotopic (exact) mass is 438 g/mol. The zero-order valence-corrected chi connectivity index (χ0v) is 17.0. The maximum absolute atomic E-state index is 12.2. The summed E-state index contributed by atoms with van der Waals surface area (Å²) in [6, 6.07) is 7.87. The molecular weight excluding hydrogens is 420 g/mol. The van der Waals surface area contributed by atoms with Gasteiger partial charge < -0.3 is 20.4 Å². The Labute approximate surface area is 180 Å². The van der Waals surface area contributed by atoms with E-state index in [1.54, 1.807) is 29.2 Å². The molecule has 0 saturated carbocycles. The molecule has 1 aliphatic rings. The van der Waals surface area contributed by atoms with Gasteiger partial charge in [0.05, 0.1) is 11.9 Å². The number of fused-ring (bicyclic) bond motifs is 3. The van der Waals surface area contributed by atoms with Crippen LogP contribution in [0.2, 0.25) is 0 Å². The Balaban J connectivity index is 1.65. The lowest BCUT2D eigenvalue weighted by Gasteiger charge is -2.26. The maximum atomic E-state index is 12.2. The predicted octanol–water partition coefficient (Wildman–Crippen LogP) is 2.45. The molecule has 1 aliphatic heterocycles. The lowest BCUT2D eigenvalue weighted by atomic mass is 10.0. The summed E-state index contributed by atoms with van der Waals surface area (Å²) < 4.78 is 0. The van der Waals surface area contributed by atoms with E-state index in [0.29, 0.717) is 35.7 Å². The highest BCUT2D eigenvalue weighted by molar-refractivity contribution is 7.19. The van der Waals surface area contributed by atoms with Gasteiger partial charge in [0.25, 0.3) is 0 Å². The third kappa shape index (κ3) is 4.24. The fourth-order valence-electron chi connectivity index (χ4n) is 3.54. The Morgan fingerprint density at radius 3 is 2.61 bits per heavy atom. The Bertz CT molecular complexity index is 1190. The molecule has 3 heterocycles. The molecule has 1 amide bonds. The van der Waals surface area contributed by atoms with Crippen LogP contribution in [0.3, 0.4) is 0 Å². The van der Waals surface area contributed by atoms with Crippen LogP contribution >= 0.6 is 11.3 Å². The number of aromatic nitrogens is 2. The summed E-state index contributed by atoms with van der Waals surface area (Å²) in [6.07, 6.45) is 3.79. The van der Waals surface area contributed by atoms with Crippen molar-refractivity contribution in [1.82, 2.24) is 14.9 Å². The normalized spacial score (nSPS) is 14.4. The van der Waals surface area contributed by atoms with E-state index in [1.807, 2.05) is 6.07 Å². The van der Waals surface area contributed by atoms with Crippen LogP contribution in [-0.2, 0) is 27.3 Å². The summed E-state index contributed by atoms with van der Waals surface area (Å²) in [6.45, 7) is 0.747. The number of hydrogen-bond acceptors (Lipinski definition) is 7. The summed E-state index contributed by atoms with van der Waals surface area (Å²) in [5, 5.41) is 22.3. The number of carboxylic acids is 2. The zero-order valence-electron chi connectivity index (χ0n) is 16.2. The first kappa shape index (κ1) is 20.5. The van der Waals surface area contributed by atoms with E-state index < -0.39 is 18.0 Å². The van der Waals surface area contributed by atoms with Crippen LogP contribution in [-0.4, -0.2) is 49.5 Å². The smallest absolute Gasteiger partial charge is 0.330 e. The second-order valence-corrected chi connectivity index (χ2v) is 8.00. The maximum Gasteiger partial charge on any atom is 0.330 e. The molecule has 10 heteroatoms. The average Bonchev–Trinajstić information content (AvgIpc) is 3.14. The van der Waals surface area contributed by atoms with Crippen LogP contribution < -0.4 is 5.32 Å². The van der Waals surface area contributed by atoms with Gasteiger partial charge in [-0.1, -0.05) is 30.3 Å². The van der Waals surface area contributed by atoms with Gasteiger partial charge in [0.1, 0.15) is 17.0 Å². The lowest BCUT2D eigenvalue weighted by molar-refractivity contribution is -0.138. The summed E-state index contributed by atoms with van der Waals surface area (Å²) in [4.78, 5) is 46.6. The van der Waals surface area contributed by atoms with Crippen molar-refractivity contribution >= 4 is 45.2 Å². The molecule has 0 unspecified atom stereocenters. The minimum absolute atomic E-state index is 0.333. The van der Waals surface area contributed by atoms with Crippen molar-refractivity contribution in [3.63, 3.8) is 0 Å². The summed E-state index contributed by atoms with van der Waals surface area (Å²) in [5.74, 6) is -2.14. The molecule has 2 aromatic heterocycles. The Hall–Kier alpha value is -3.79. The third-order valence-corrected chi connectivity index (χ3v) is 6.10. The van der Waals surface area contributed by atoms with Crippen LogP contribution in [0.15, 0.2) is 48.8 Å². The molecule has 0 saturated heterocycles. The van der Waals surface area contributed by atoms with E-state index in [2.05, 4.69) is 15.3 Å². The summed E-state index contributed by atoms with van der Waals surface area (Å²) >= 11 is 1.42. The molecule has 0 spiro atoms. The van der Waals surface area contributed by atoms with Gasteiger partial charge in [-0.15, -0.1) is 11.3 Å². The largest absolute Gasteiger partial charge is 0.479 e. The number of nitrogens with one attached hydrogen (secondary N) is 1. The van der Waals surface area contributed by atoms with E-state index in [0.717, 1.165) is 28.0 Å². The Morgan fingerprint density at radius 1 is 1.13 bits per heavy atom. The van der Waals surface area contributed by atoms with Crippen molar-refractivity contribution in [1.29, 1.82) is 0 Å². The van der Waals surface area contributed by atoms with Gasteiger partial charge in [-0.3, -0.25) is 4.79 Å². The average molecular weight is 438 g/mol. The van der Waals surface area contributed by atoms with Gasteiger partial charge in [0.15, 0.2) is 6.04 Å². The zero-order chi connectivity index (χ0) is 22.0. The van der Waals surface area contributed by atoms with Gasteiger partial charge in [-0.2, -0.15) is 0 Å². The van der Waals surface area contributed by atoms with Crippen LogP contribution in [0, 0.1) is 0 Å². The fourth-order valence-corrected chi connectivity index (χ4v) is 4.75. The number of carbonyl (C=O) groups excluding carboxylic acids is 1. The van der Waals surface area contributed by atoms with Crippen LogP contribution in [0.5, 0.6) is 0 Å². The summed E-state index contributed by atoms with van der Waals surface area (Å²) in [5.41, 5.74) is 1.58. The minimum Gasteiger partial charge on any atom is -0.479 e. The highest BCUT2D eigenvalue weighted by Gasteiger charge is 2.27. The van der Waals surface area contributed by atoms with E-state index in [9.17, 15) is 19.5 Å².